The summed E-state index contributed by atoms with van der Waals surface area (Å²) >= 11 is 1.40. The minimum atomic E-state index is -0.812. The van der Waals surface area contributed by atoms with E-state index < -0.39 is 5.97 Å². The van der Waals surface area contributed by atoms with E-state index in [0.717, 1.165) is 24.5 Å². The molecule has 1 atom stereocenters. The molecule has 0 bridgehead atoms. The molecule has 2 heterocycles. The summed E-state index contributed by atoms with van der Waals surface area (Å²) in [4.78, 5) is 15.3. The van der Waals surface area contributed by atoms with Gasteiger partial charge in [-0.3, -0.25) is 4.90 Å². The van der Waals surface area contributed by atoms with Gasteiger partial charge in [-0.1, -0.05) is 36.8 Å². The molecule has 2 aromatic rings. The van der Waals surface area contributed by atoms with Crippen molar-refractivity contribution in [2.45, 2.75) is 38.6 Å². The first-order valence-corrected chi connectivity index (χ1v) is 9.49. The average Bonchev–Trinajstić information content (AvgIpc) is 3.10. The number of thiophene rings is 1. The SMILES string of the molecule is Cc1sc(C(=O)O)cc1CN1CC(c2ccccc2)C2(CCC2)C1. The van der Waals surface area contributed by atoms with Gasteiger partial charge < -0.3 is 5.11 Å². The number of likely N-dealkylation sites (tertiary alicyclic amines) is 1. The number of carboxylic acid groups (broad SMARTS) is 1. The summed E-state index contributed by atoms with van der Waals surface area (Å²) < 4.78 is 0. The maximum atomic E-state index is 11.2. The van der Waals surface area contributed by atoms with Crippen LogP contribution in [0.5, 0.6) is 0 Å². The highest BCUT2D eigenvalue weighted by atomic mass is 32.1. The van der Waals surface area contributed by atoms with E-state index >= 15 is 0 Å². The lowest BCUT2D eigenvalue weighted by Gasteiger charge is -2.43. The number of benzene rings is 1. The van der Waals surface area contributed by atoms with Crippen molar-refractivity contribution < 1.29 is 9.90 Å². The number of carbonyl (C=O) groups is 1. The molecule has 24 heavy (non-hydrogen) atoms. The summed E-state index contributed by atoms with van der Waals surface area (Å²) in [5.74, 6) is -0.196. The molecule has 1 unspecified atom stereocenters. The molecular formula is C20H23NO2S. The molecule has 1 saturated carbocycles. The van der Waals surface area contributed by atoms with E-state index in [2.05, 4.69) is 35.2 Å². The molecule has 1 aliphatic carbocycles. The first-order valence-electron chi connectivity index (χ1n) is 8.67. The van der Waals surface area contributed by atoms with Crippen LogP contribution in [0.3, 0.4) is 0 Å². The van der Waals surface area contributed by atoms with Crippen LogP contribution in [0.4, 0.5) is 0 Å². The highest BCUT2D eigenvalue weighted by Gasteiger charge is 2.50. The van der Waals surface area contributed by atoms with Gasteiger partial charge in [0, 0.05) is 30.4 Å². The zero-order chi connectivity index (χ0) is 16.7. The van der Waals surface area contributed by atoms with E-state index in [1.165, 1.54) is 41.7 Å². The number of nitrogens with zero attached hydrogens (tertiary/aromatic N) is 1. The summed E-state index contributed by atoms with van der Waals surface area (Å²) in [6.07, 6.45) is 4.00. The van der Waals surface area contributed by atoms with Crippen molar-refractivity contribution in [1.29, 1.82) is 0 Å². The second-order valence-electron chi connectivity index (χ2n) is 7.35. The maximum Gasteiger partial charge on any atom is 0.345 e. The number of hydrogen-bond donors (Lipinski definition) is 1. The summed E-state index contributed by atoms with van der Waals surface area (Å²) in [5.41, 5.74) is 3.09. The van der Waals surface area contributed by atoms with Crippen molar-refractivity contribution >= 4 is 17.3 Å². The molecule has 3 nitrogen and oxygen atoms in total. The minimum Gasteiger partial charge on any atom is -0.477 e. The molecule has 0 radical (unpaired) electrons. The molecule has 2 aliphatic rings. The Balaban J connectivity index is 1.55. The summed E-state index contributed by atoms with van der Waals surface area (Å²) in [7, 11) is 0. The fourth-order valence-corrected chi connectivity index (χ4v) is 5.37. The predicted octanol–water partition coefficient (Wildman–Crippen LogP) is 4.52. The molecule has 1 aliphatic heterocycles. The first kappa shape index (κ1) is 15.9. The molecule has 1 aromatic carbocycles. The van der Waals surface area contributed by atoms with Crippen LogP contribution in [-0.2, 0) is 6.54 Å². The van der Waals surface area contributed by atoms with Gasteiger partial charge >= 0.3 is 5.97 Å². The van der Waals surface area contributed by atoms with Crippen molar-refractivity contribution in [3.63, 3.8) is 0 Å². The van der Waals surface area contributed by atoms with Crippen LogP contribution < -0.4 is 0 Å². The highest BCUT2D eigenvalue weighted by molar-refractivity contribution is 7.14. The van der Waals surface area contributed by atoms with Crippen molar-refractivity contribution in [1.82, 2.24) is 4.90 Å². The number of rotatable bonds is 4. The Morgan fingerprint density at radius 2 is 2.08 bits per heavy atom. The van der Waals surface area contributed by atoms with E-state index in [-0.39, 0.29) is 0 Å². The van der Waals surface area contributed by atoms with Gasteiger partial charge in [0.1, 0.15) is 4.88 Å². The van der Waals surface area contributed by atoms with Gasteiger partial charge in [0.25, 0.3) is 0 Å². The largest absolute Gasteiger partial charge is 0.477 e. The number of carboxylic acids is 1. The van der Waals surface area contributed by atoms with Gasteiger partial charge in [-0.25, -0.2) is 4.79 Å². The number of aryl methyl sites for hydroxylation is 1. The summed E-state index contributed by atoms with van der Waals surface area (Å²) in [6, 6.07) is 12.8. The Morgan fingerprint density at radius 3 is 2.67 bits per heavy atom. The molecular weight excluding hydrogens is 318 g/mol. The number of hydrogen-bond acceptors (Lipinski definition) is 3. The molecule has 126 valence electrons. The van der Waals surface area contributed by atoms with Crippen LogP contribution in [0.2, 0.25) is 0 Å². The summed E-state index contributed by atoms with van der Waals surface area (Å²) in [5, 5.41) is 9.20. The summed E-state index contributed by atoms with van der Waals surface area (Å²) in [6.45, 7) is 5.14. The normalized spacial score (nSPS) is 22.6. The standard InChI is InChI=1S/C20H23NO2S/c1-14-16(10-18(24-14)19(22)23)11-21-12-17(15-6-3-2-4-7-15)20(13-21)8-5-9-20/h2-4,6-7,10,17H,5,8-9,11-13H2,1H3,(H,22,23). The first-order chi connectivity index (χ1) is 11.6. The molecule has 1 aromatic heterocycles. The Hall–Kier alpha value is -1.65. The Morgan fingerprint density at radius 1 is 1.33 bits per heavy atom. The number of aromatic carboxylic acids is 1. The van der Waals surface area contributed by atoms with E-state index in [1.54, 1.807) is 0 Å². The Labute approximate surface area is 146 Å². The smallest absolute Gasteiger partial charge is 0.345 e. The highest BCUT2D eigenvalue weighted by Crippen LogP contribution is 2.56. The van der Waals surface area contributed by atoms with Gasteiger partial charge in [-0.05, 0) is 42.4 Å². The van der Waals surface area contributed by atoms with Gasteiger partial charge in [0.05, 0.1) is 0 Å². The maximum absolute atomic E-state index is 11.2. The predicted molar refractivity (Wildman–Crippen MR) is 96.8 cm³/mol. The van der Waals surface area contributed by atoms with E-state index in [9.17, 15) is 9.90 Å². The van der Waals surface area contributed by atoms with Crippen molar-refractivity contribution in [3.8, 4) is 0 Å². The van der Waals surface area contributed by atoms with Gasteiger partial charge in [-0.2, -0.15) is 0 Å². The molecule has 4 rings (SSSR count). The monoisotopic (exact) mass is 341 g/mol. The van der Waals surface area contributed by atoms with Gasteiger partial charge in [-0.15, -0.1) is 11.3 Å². The quantitative estimate of drug-likeness (QED) is 0.888. The molecule has 1 N–H and O–H groups in total. The lowest BCUT2D eigenvalue weighted by atomic mass is 9.61. The third kappa shape index (κ3) is 2.68. The molecule has 4 heteroatoms. The van der Waals surface area contributed by atoms with Crippen LogP contribution >= 0.6 is 11.3 Å². The zero-order valence-electron chi connectivity index (χ0n) is 14.0. The second kappa shape index (κ2) is 6.01. The fourth-order valence-electron chi connectivity index (χ4n) is 4.50. The van der Waals surface area contributed by atoms with Crippen LogP contribution in [0.25, 0.3) is 0 Å². The van der Waals surface area contributed by atoms with Crippen LogP contribution in [0.15, 0.2) is 36.4 Å². The van der Waals surface area contributed by atoms with Crippen LogP contribution in [0.1, 0.15) is 50.9 Å². The minimum absolute atomic E-state index is 0.445. The van der Waals surface area contributed by atoms with Crippen molar-refractivity contribution in [2.24, 2.45) is 5.41 Å². The van der Waals surface area contributed by atoms with Crippen LogP contribution in [0, 0.1) is 12.3 Å². The van der Waals surface area contributed by atoms with E-state index in [1.807, 2.05) is 13.0 Å². The zero-order valence-corrected chi connectivity index (χ0v) is 14.8. The molecule has 1 spiro atoms. The fraction of sp³-hybridized carbons (Fsp3) is 0.450. The topological polar surface area (TPSA) is 40.5 Å². The van der Waals surface area contributed by atoms with E-state index in [0.29, 0.717) is 16.2 Å². The van der Waals surface area contributed by atoms with Crippen LogP contribution in [-0.4, -0.2) is 29.1 Å². The molecule has 0 amide bonds. The van der Waals surface area contributed by atoms with Gasteiger partial charge in [0.2, 0.25) is 0 Å². The average molecular weight is 341 g/mol. The molecule has 1 saturated heterocycles. The molecule has 2 fully saturated rings. The van der Waals surface area contributed by atoms with Crippen molar-refractivity contribution in [3.05, 3.63) is 57.3 Å². The van der Waals surface area contributed by atoms with Gasteiger partial charge in [0.15, 0.2) is 0 Å². The Bertz CT molecular complexity index is 748. The lowest BCUT2D eigenvalue weighted by Crippen LogP contribution is -2.36. The third-order valence-electron chi connectivity index (χ3n) is 5.90. The lowest BCUT2D eigenvalue weighted by molar-refractivity contribution is 0.0702. The van der Waals surface area contributed by atoms with Crippen molar-refractivity contribution in [2.75, 3.05) is 13.1 Å². The Kier molecular flexibility index (Phi) is 3.97. The third-order valence-corrected chi connectivity index (χ3v) is 6.98. The second-order valence-corrected chi connectivity index (χ2v) is 8.60. The van der Waals surface area contributed by atoms with E-state index in [4.69, 9.17) is 0 Å².